The van der Waals surface area contributed by atoms with Gasteiger partial charge < -0.3 is 10.4 Å². The lowest BCUT2D eigenvalue weighted by atomic mass is 10.1. The third-order valence-electron chi connectivity index (χ3n) is 2.70. The first-order valence-corrected chi connectivity index (χ1v) is 6.24. The van der Waals surface area contributed by atoms with Crippen molar-refractivity contribution in [3.8, 4) is 0 Å². The van der Waals surface area contributed by atoms with Gasteiger partial charge in [-0.1, -0.05) is 18.2 Å². The minimum atomic E-state index is -0.106. The van der Waals surface area contributed by atoms with Gasteiger partial charge in [0.1, 0.15) is 0 Å². The second-order valence-corrected chi connectivity index (χ2v) is 4.66. The number of nitrogens with one attached hydrogen (secondary N) is 2. The van der Waals surface area contributed by atoms with Crippen LogP contribution in [0.1, 0.15) is 21.1 Å². The van der Waals surface area contributed by atoms with Crippen LogP contribution in [-0.2, 0) is 0 Å². The van der Waals surface area contributed by atoms with Crippen LogP contribution in [0.15, 0.2) is 35.8 Å². The highest BCUT2D eigenvalue weighted by atomic mass is 32.1. The van der Waals surface area contributed by atoms with Gasteiger partial charge in [-0.25, -0.2) is 4.98 Å². The third-order valence-corrected chi connectivity index (χ3v) is 3.56. The lowest BCUT2D eigenvalue weighted by Gasteiger charge is -1.94. The molecule has 18 heavy (non-hydrogen) atoms. The molecule has 4 nitrogen and oxygen atoms in total. The zero-order chi connectivity index (χ0) is 12.5. The molecule has 88 valence electrons. The Labute approximate surface area is 107 Å². The highest BCUT2D eigenvalue weighted by molar-refractivity contribution is 7.12. The van der Waals surface area contributed by atoms with Crippen LogP contribution in [0.2, 0.25) is 0 Å². The van der Waals surface area contributed by atoms with Crippen molar-refractivity contribution in [3.05, 3.63) is 52.1 Å². The van der Waals surface area contributed by atoms with Gasteiger partial charge in [-0.05, 0) is 6.07 Å². The van der Waals surface area contributed by atoms with Gasteiger partial charge in [0.2, 0.25) is 5.78 Å². The van der Waals surface area contributed by atoms with E-state index in [1.165, 1.54) is 11.3 Å². The molecule has 0 aliphatic carbocycles. The fraction of sp³-hybridized carbons (Fsp3) is 0. The Kier molecular flexibility index (Phi) is 2.53. The van der Waals surface area contributed by atoms with E-state index in [0.29, 0.717) is 16.3 Å². The molecular weight excluding hydrogens is 246 g/mol. The molecule has 0 spiro atoms. The smallest absolute Gasteiger partial charge is 0.223 e. The van der Waals surface area contributed by atoms with Crippen molar-refractivity contribution in [2.75, 3.05) is 0 Å². The second kappa shape index (κ2) is 4.19. The predicted molar refractivity (Wildman–Crippen MR) is 71.7 cm³/mol. The van der Waals surface area contributed by atoms with Gasteiger partial charge in [0.25, 0.3) is 0 Å². The van der Waals surface area contributed by atoms with Gasteiger partial charge in [-0.2, -0.15) is 0 Å². The standard InChI is InChI=1S/C13H9N3OS/c14-5-8-7-18-13(16-8)12(17)10-6-15-11-4-2-1-3-9(10)11/h1-7,14-15H. The summed E-state index contributed by atoms with van der Waals surface area (Å²) >= 11 is 1.26. The Hall–Kier alpha value is -2.27. The fourth-order valence-corrected chi connectivity index (χ4v) is 2.56. The zero-order valence-corrected chi connectivity index (χ0v) is 10.1. The molecule has 0 bridgehead atoms. The molecule has 0 amide bonds. The maximum atomic E-state index is 12.3. The van der Waals surface area contributed by atoms with Gasteiger partial charge in [0.15, 0.2) is 5.01 Å². The van der Waals surface area contributed by atoms with Crippen LogP contribution >= 0.6 is 11.3 Å². The van der Waals surface area contributed by atoms with Crippen molar-refractivity contribution < 1.29 is 4.79 Å². The molecule has 2 heterocycles. The predicted octanol–water partition coefficient (Wildman–Crippen LogP) is 2.85. The number of nitrogens with zero attached hydrogens (tertiary/aromatic N) is 1. The van der Waals surface area contributed by atoms with Gasteiger partial charge in [0.05, 0.1) is 11.3 Å². The summed E-state index contributed by atoms with van der Waals surface area (Å²) in [5.74, 6) is -0.106. The van der Waals surface area contributed by atoms with Crippen molar-refractivity contribution >= 4 is 34.2 Å². The summed E-state index contributed by atoms with van der Waals surface area (Å²) in [6, 6.07) is 7.66. The second-order valence-electron chi connectivity index (χ2n) is 3.80. The van der Waals surface area contributed by atoms with Crippen LogP contribution in [0.4, 0.5) is 0 Å². The van der Waals surface area contributed by atoms with E-state index in [1.54, 1.807) is 11.6 Å². The molecule has 0 radical (unpaired) electrons. The molecule has 0 atom stereocenters. The number of carbonyl (C=O) groups is 1. The number of rotatable bonds is 3. The van der Waals surface area contributed by atoms with Crippen LogP contribution in [-0.4, -0.2) is 22.0 Å². The van der Waals surface area contributed by atoms with E-state index in [9.17, 15) is 4.79 Å². The summed E-state index contributed by atoms with van der Waals surface area (Å²) in [5, 5.41) is 10.1. The number of hydrogen-bond acceptors (Lipinski definition) is 4. The maximum absolute atomic E-state index is 12.3. The average molecular weight is 255 g/mol. The van der Waals surface area contributed by atoms with Gasteiger partial charge in [0, 0.05) is 28.7 Å². The SMILES string of the molecule is N=Cc1csc(C(=O)c2c[nH]c3ccccc23)n1. The Morgan fingerprint density at radius 3 is 3.00 bits per heavy atom. The Balaban J connectivity index is 2.09. The minimum absolute atomic E-state index is 0.106. The number of H-pyrrole nitrogens is 1. The Morgan fingerprint density at radius 1 is 1.39 bits per heavy atom. The summed E-state index contributed by atoms with van der Waals surface area (Å²) in [6.45, 7) is 0. The van der Waals surface area contributed by atoms with Crippen molar-refractivity contribution in [1.82, 2.24) is 9.97 Å². The monoisotopic (exact) mass is 255 g/mol. The number of para-hydroxylation sites is 1. The van der Waals surface area contributed by atoms with Crippen LogP contribution in [0.25, 0.3) is 10.9 Å². The molecule has 0 aliphatic heterocycles. The van der Waals surface area contributed by atoms with E-state index in [2.05, 4.69) is 9.97 Å². The molecule has 3 rings (SSSR count). The van der Waals surface area contributed by atoms with Crippen LogP contribution in [0.5, 0.6) is 0 Å². The van der Waals surface area contributed by atoms with Crippen molar-refractivity contribution in [2.24, 2.45) is 0 Å². The third kappa shape index (κ3) is 1.65. The van der Waals surface area contributed by atoms with Crippen molar-refractivity contribution in [3.63, 3.8) is 0 Å². The minimum Gasteiger partial charge on any atom is -0.360 e. The largest absolute Gasteiger partial charge is 0.360 e. The summed E-state index contributed by atoms with van der Waals surface area (Å²) in [5.41, 5.74) is 2.07. The number of thiazole rings is 1. The summed E-state index contributed by atoms with van der Waals surface area (Å²) in [7, 11) is 0. The molecule has 2 aromatic heterocycles. The lowest BCUT2D eigenvalue weighted by Crippen LogP contribution is -1.99. The Bertz CT molecular complexity index is 741. The fourth-order valence-electron chi connectivity index (χ4n) is 1.83. The van der Waals surface area contributed by atoms with E-state index in [-0.39, 0.29) is 5.78 Å². The maximum Gasteiger partial charge on any atom is 0.223 e. The molecular formula is C13H9N3OS. The van der Waals surface area contributed by atoms with E-state index < -0.39 is 0 Å². The van der Waals surface area contributed by atoms with Gasteiger partial charge >= 0.3 is 0 Å². The number of carbonyl (C=O) groups excluding carboxylic acids is 1. The van der Waals surface area contributed by atoms with Gasteiger partial charge in [-0.3, -0.25) is 4.79 Å². The number of hydrogen-bond donors (Lipinski definition) is 2. The molecule has 0 fully saturated rings. The molecule has 0 unspecified atom stereocenters. The summed E-state index contributed by atoms with van der Waals surface area (Å²) in [6.07, 6.45) is 2.85. The Morgan fingerprint density at radius 2 is 2.22 bits per heavy atom. The van der Waals surface area contributed by atoms with Crippen LogP contribution in [0, 0.1) is 5.41 Å². The number of benzene rings is 1. The molecule has 2 N–H and O–H groups in total. The average Bonchev–Trinajstić information content (AvgIpc) is 3.04. The molecule has 0 aliphatic rings. The van der Waals surface area contributed by atoms with E-state index in [0.717, 1.165) is 17.1 Å². The lowest BCUT2D eigenvalue weighted by molar-refractivity contribution is 0.104. The first kappa shape index (κ1) is 10.9. The first-order chi connectivity index (χ1) is 8.79. The van der Waals surface area contributed by atoms with E-state index in [4.69, 9.17) is 5.41 Å². The molecule has 0 saturated heterocycles. The van der Waals surface area contributed by atoms with E-state index >= 15 is 0 Å². The van der Waals surface area contributed by atoms with Gasteiger partial charge in [-0.15, -0.1) is 11.3 Å². The summed E-state index contributed by atoms with van der Waals surface area (Å²) in [4.78, 5) is 19.5. The van der Waals surface area contributed by atoms with Crippen molar-refractivity contribution in [1.29, 1.82) is 5.41 Å². The molecule has 5 heteroatoms. The zero-order valence-electron chi connectivity index (χ0n) is 9.31. The first-order valence-electron chi connectivity index (χ1n) is 5.36. The van der Waals surface area contributed by atoms with Crippen LogP contribution < -0.4 is 0 Å². The number of ketones is 1. The number of aromatic nitrogens is 2. The summed E-state index contributed by atoms with van der Waals surface area (Å²) < 4.78 is 0. The number of aromatic amines is 1. The molecule has 3 aromatic rings. The topological polar surface area (TPSA) is 69.6 Å². The molecule has 0 saturated carbocycles. The quantitative estimate of drug-likeness (QED) is 0.558. The van der Waals surface area contributed by atoms with Crippen LogP contribution in [0.3, 0.4) is 0 Å². The van der Waals surface area contributed by atoms with E-state index in [1.807, 2.05) is 24.3 Å². The number of fused-ring (bicyclic) bond motifs is 1. The molecule has 1 aromatic carbocycles. The highest BCUT2D eigenvalue weighted by Gasteiger charge is 2.16. The van der Waals surface area contributed by atoms with Crippen molar-refractivity contribution in [2.45, 2.75) is 0 Å². The normalized spacial score (nSPS) is 10.7. The highest BCUT2D eigenvalue weighted by Crippen LogP contribution is 2.22.